The number of amides is 1. The topological polar surface area (TPSA) is 68.0 Å². The van der Waals surface area contributed by atoms with E-state index in [1.54, 1.807) is 12.4 Å². The van der Waals surface area contributed by atoms with Gasteiger partial charge in [-0.15, -0.1) is 24.8 Å². The summed E-state index contributed by atoms with van der Waals surface area (Å²) in [5, 5.41) is 3.02. The van der Waals surface area contributed by atoms with Crippen LogP contribution < -0.4 is 11.1 Å². The lowest BCUT2D eigenvalue weighted by atomic mass is 10.1. The van der Waals surface area contributed by atoms with E-state index in [4.69, 9.17) is 5.73 Å². The Morgan fingerprint density at radius 3 is 2.74 bits per heavy atom. The number of hydrogen-bond acceptors (Lipinski definition) is 3. The Hall–Kier alpha value is -0.840. The van der Waals surface area contributed by atoms with E-state index in [-0.39, 0.29) is 48.7 Å². The number of nitrogens with one attached hydrogen (secondary N) is 1. The van der Waals surface area contributed by atoms with Crippen LogP contribution in [0.25, 0.3) is 0 Å². The van der Waals surface area contributed by atoms with Gasteiger partial charge in [0.05, 0.1) is 6.04 Å². The first-order chi connectivity index (χ1) is 8.16. The van der Waals surface area contributed by atoms with Crippen LogP contribution in [-0.2, 0) is 4.79 Å². The summed E-state index contributed by atoms with van der Waals surface area (Å²) in [7, 11) is 0. The van der Waals surface area contributed by atoms with Gasteiger partial charge in [-0.3, -0.25) is 9.78 Å². The molecule has 0 aromatic carbocycles. The molecule has 1 aromatic heterocycles. The summed E-state index contributed by atoms with van der Waals surface area (Å²) in [4.78, 5) is 16.0. The van der Waals surface area contributed by atoms with Crippen LogP contribution in [0.5, 0.6) is 0 Å². The standard InChI is InChI=1S/C13H19N3O.2ClH/c1-9(11-3-2-6-15-8-11)16-13(17)10-4-5-12(14)7-10;;/h2-3,6,8-10,12H,4-5,7,14H2,1H3,(H,16,17);2*1H/t9-,10?,12?;;/m0../s1. The predicted molar refractivity (Wildman–Crippen MR) is 80.6 cm³/mol. The van der Waals surface area contributed by atoms with E-state index in [2.05, 4.69) is 10.3 Å². The lowest BCUT2D eigenvalue weighted by Crippen LogP contribution is -2.32. The Morgan fingerprint density at radius 1 is 1.47 bits per heavy atom. The van der Waals surface area contributed by atoms with E-state index in [1.165, 1.54) is 0 Å². The predicted octanol–water partition coefficient (Wildman–Crippen LogP) is 2.23. The summed E-state index contributed by atoms with van der Waals surface area (Å²) in [6.07, 6.45) is 6.19. The van der Waals surface area contributed by atoms with Crippen molar-refractivity contribution in [3.63, 3.8) is 0 Å². The smallest absolute Gasteiger partial charge is 0.223 e. The summed E-state index contributed by atoms with van der Waals surface area (Å²) in [5.41, 5.74) is 6.85. The minimum atomic E-state index is 0. The first kappa shape index (κ1) is 18.2. The molecule has 108 valence electrons. The molecular weight excluding hydrogens is 285 g/mol. The number of halogens is 2. The van der Waals surface area contributed by atoms with Crippen molar-refractivity contribution in [2.24, 2.45) is 11.7 Å². The molecule has 0 radical (unpaired) electrons. The molecule has 4 nitrogen and oxygen atoms in total. The van der Waals surface area contributed by atoms with Crippen LogP contribution in [0.15, 0.2) is 24.5 Å². The van der Waals surface area contributed by atoms with Crippen molar-refractivity contribution < 1.29 is 4.79 Å². The zero-order chi connectivity index (χ0) is 12.3. The number of carbonyl (C=O) groups is 1. The summed E-state index contributed by atoms with van der Waals surface area (Å²) in [6.45, 7) is 1.98. The molecule has 1 fully saturated rings. The summed E-state index contributed by atoms with van der Waals surface area (Å²) < 4.78 is 0. The van der Waals surface area contributed by atoms with Crippen LogP contribution in [0.4, 0.5) is 0 Å². The molecule has 6 heteroatoms. The minimum absolute atomic E-state index is 0. The maximum atomic E-state index is 12.0. The second kappa shape index (κ2) is 8.35. The van der Waals surface area contributed by atoms with Crippen LogP contribution in [-0.4, -0.2) is 16.9 Å². The van der Waals surface area contributed by atoms with Gasteiger partial charge >= 0.3 is 0 Å². The number of rotatable bonds is 3. The molecule has 1 aromatic rings. The number of aromatic nitrogens is 1. The maximum Gasteiger partial charge on any atom is 0.223 e. The molecule has 1 heterocycles. The molecule has 3 N–H and O–H groups in total. The van der Waals surface area contributed by atoms with E-state index in [1.807, 2.05) is 19.1 Å². The average Bonchev–Trinajstić information content (AvgIpc) is 2.77. The van der Waals surface area contributed by atoms with Crippen LogP contribution in [0.1, 0.15) is 37.8 Å². The molecule has 0 bridgehead atoms. The average molecular weight is 306 g/mol. The summed E-state index contributed by atoms with van der Waals surface area (Å²) in [5.74, 6) is 0.207. The first-order valence-corrected chi connectivity index (χ1v) is 6.12. The number of hydrogen-bond donors (Lipinski definition) is 2. The molecule has 0 saturated heterocycles. The van der Waals surface area contributed by atoms with E-state index >= 15 is 0 Å². The Morgan fingerprint density at radius 2 is 2.21 bits per heavy atom. The van der Waals surface area contributed by atoms with Crippen LogP contribution in [0.2, 0.25) is 0 Å². The zero-order valence-electron chi connectivity index (χ0n) is 10.9. The molecule has 1 aliphatic carbocycles. The van der Waals surface area contributed by atoms with Crippen molar-refractivity contribution in [1.29, 1.82) is 0 Å². The number of pyridine rings is 1. The minimum Gasteiger partial charge on any atom is -0.349 e. The van der Waals surface area contributed by atoms with Crippen LogP contribution in [0.3, 0.4) is 0 Å². The fourth-order valence-electron chi connectivity index (χ4n) is 2.30. The van der Waals surface area contributed by atoms with Gasteiger partial charge < -0.3 is 11.1 Å². The highest BCUT2D eigenvalue weighted by Gasteiger charge is 2.28. The number of nitrogens with two attached hydrogens (primary N) is 1. The quantitative estimate of drug-likeness (QED) is 0.900. The van der Waals surface area contributed by atoms with Gasteiger partial charge in [0, 0.05) is 24.4 Å². The number of carbonyl (C=O) groups excluding carboxylic acids is 1. The van der Waals surface area contributed by atoms with Gasteiger partial charge in [0.15, 0.2) is 0 Å². The highest BCUT2D eigenvalue weighted by molar-refractivity contribution is 5.85. The Balaban J connectivity index is 0.00000162. The van der Waals surface area contributed by atoms with Gasteiger partial charge in [0.25, 0.3) is 0 Å². The third kappa shape index (κ3) is 4.97. The molecule has 1 saturated carbocycles. The molecule has 2 unspecified atom stereocenters. The third-order valence-electron chi connectivity index (χ3n) is 3.39. The largest absolute Gasteiger partial charge is 0.349 e. The monoisotopic (exact) mass is 305 g/mol. The van der Waals surface area contributed by atoms with Crippen LogP contribution >= 0.6 is 24.8 Å². The Labute approximate surface area is 126 Å². The molecule has 1 aliphatic rings. The fourth-order valence-corrected chi connectivity index (χ4v) is 2.30. The van der Waals surface area contributed by atoms with Crippen LogP contribution in [0, 0.1) is 5.92 Å². The summed E-state index contributed by atoms with van der Waals surface area (Å²) in [6, 6.07) is 4.05. The third-order valence-corrected chi connectivity index (χ3v) is 3.39. The number of nitrogens with zero attached hydrogens (tertiary/aromatic N) is 1. The zero-order valence-corrected chi connectivity index (χ0v) is 12.5. The second-order valence-electron chi connectivity index (χ2n) is 4.79. The molecule has 19 heavy (non-hydrogen) atoms. The first-order valence-electron chi connectivity index (χ1n) is 6.12. The SMILES string of the molecule is C[C@H](NC(=O)C1CCC(N)C1)c1cccnc1.Cl.Cl. The van der Waals surface area contributed by atoms with Gasteiger partial charge in [-0.2, -0.15) is 0 Å². The highest BCUT2D eigenvalue weighted by Crippen LogP contribution is 2.25. The van der Waals surface area contributed by atoms with Crippen molar-refractivity contribution in [2.45, 2.75) is 38.3 Å². The summed E-state index contributed by atoms with van der Waals surface area (Å²) >= 11 is 0. The molecule has 0 spiro atoms. The normalized spacial score (nSPS) is 22.8. The van der Waals surface area contributed by atoms with E-state index in [9.17, 15) is 4.79 Å². The molecule has 1 amide bonds. The van der Waals surface area contributed by atoms with E-state index in [0.717, 1.165) is 24.8 Å². The maximum absolute atomic E-state index is 12.0. The molecule has 0 aliphatic heterocycles. The van der Waals surface area contributed by atoms with Crippen molar-refractivity contribution in [3.8, 4) is 0 Å². The lowest BCUT2D eigenvalue weighted by molar-refractivity contribution is -0.125. The van der Waals surface area contributed by atoms with Gasteiger partial charge in [0.1, 0.15) is 0 Å². The van der Waals surface area contributed by atoms with Gasteiger partial charge in [-0.25, -0.2) is 0 Å². The molecular formula is C13H21Cl2N3O. The molecule has 2 rings (SSSR count). The van der Waals surface area contributed by atoms with Gasteiger partial charge in [-0.05, 0) is 37.8 Å². The Kier molecular flexibility index (Phi) is 7.99. The molecule has 3 atom stereocenters. The van der Waals surface area contributed by atoms with E-state index < -0.39 is 0 Å². The van der Waals surface area contributed by atoms with Crippen molar-refractivity contribution in [1.82, 2.24) is 10.3 Å². The highest BCUT2D eigenvalue weighted by atomic mass is 35.5. The van der Waals surface area contributed by atoms with Gasteiger partial charge in [-0.1, -0.05) is 6.07 Å². The second-order valence-corrected chi connectivity index (χ2v) is 4.79. The lowest BCUT2D eigenvalue weighted by Gasteiger charge is -2.17. The van der Waals surface area contributed by atoms with Crippen molar-refractivity contribution in [3.05, 3.63) is 30.1 Å². The van der Waals surface area contributed by atoms with Crippen molar-refractivity contribution >= 4 is 30.7 Å². The van der Waals surface area contributed by atoms with E-state index in [0.29, 0.717) is 0 Å². The Bertz CT molecular complexity index is 389. The van der Waals surface area contributed by atoms with Crippen molar-refractivity contribution in [2.75, 3.05) is 0 Å². The fraction of sp³-hybridized carbons (Fsp3) is 0.538. The van der Waals surface area contributed by atoms with Gasteiger partial charge in [0.2, 0.25) is 5.91 Å².